The van der Waals surface area contributed by atoms with E-state index in [1.807, 2.05) is 62.4 Å². The summed E-state index contributed by atoms with van der Waals surface area (Å²) in [5.41, 5.74) is 3.39. The molecule has 1 N–H and O–H groups in total. The molecular formula is C25H34N2O3. The zero-order valence-electron chi connectivity index (χ0n) is 19.0. The molecule has 2 aromatic carbocycles. The number of benzene rings is 2. The van der Waals surface area contributed by atoms with Crippen molar-refractivity contribution in [2.45, 2.75) is 59.0 Å². The van der Waals surface area contributed by atoms with Crippen LogP contribution in [0.15, 0.2) is 48.5 Å². The number of hydrogen-bond donors (Lipinski definition) is 1. The fourth-order valence-corrected chi connectivity index (χ4v) is 3.26. The first-order valence-corrected chi connectivity index (χ1v) is 10.5. The number of aryl methyl sites for hydroxylation is 1. The van der Waals surface area contributed by atoms with E-state index in [2.05, 4.69) is 26.1 Å². The molecule has 0 spiro atoms. The SMILES string of the molecule is CC[C@H](C(=O)NC)N(Cc1ccc(C)cc1)C(=O)COc1ccc(C(C)(C)C)cc1. The number of likely N-dealkylation sites (N-methyl/N-ethyl adjacent to an activating group) is 1. The van der Waals surface area contributed by atoms with Crippen molar-refractivity contribution in [2.24, 2.45) is 0 Å². The molecular weight excluding hydrogens is 376 g/mol. The first-order chi connectivity index (χ1) is 14.2. The third kappa shape index (κ3) is 6.34. The van der Waals surface area contributed by atoms with Crippen LogP contribution >= 0.6 is 0 Å². The second-order valence-corrected chi connectivity index (χ2v) is 8.61. The Bertz CT molecular complexity index is 836. The minimum absolute atomic E-state index is 0.0566. The van der Waals surface area contributed by atoms with E-state index in [1.54, 1.807) is 11.9 Å². The number of nitrogens with zero attached hydrogens (tertiary/aromatic N) is 1. The Labute approximate surface area is 180 Å². The van der Waals surface area contributed by atoms with Crippen molar-refractivity contribution in [1.29, 1.82) is 0 Å². The van der Waals surface area contributed by atoms with Gasteiger partial charge in [-0.1, -0.05) is 69.7 Å². The summed E-state index contributed by atoms with van der Waals surface area (Å²) in [6.07, 6.45) is 0.525. The van der Waals surface area contributed by atoms with Gasteiger partial charge < -0.3 is 15.0 Å². The molecule has 1 atom stereocenters. The molecule has 0 bridgehead atoms. The van der Waals surface area contributed by atoms with Crippen molar-refractivity contribution >= 4 is 11.8 Å². The van der Waals surface area contributed by atoms with Gasteiger partial charge in [-0.25, -0.2) is 0 Å². The molecule has 5 nitrogen and oxygen atoms in total. The Kier molecular flexibility index (Phi) is 8.04. The van der Waals surface area contributed by atoms with Gasteiger partial charge in [-0.15, -0.1) is 0 Å². The van der Waals surface area contributed by atoms with E-state index in [1.165, 1.54) is 5.56 Å². The Morgan fingerprint density at radius 1 is 1.03 bits per heavy atom. The number of nitrogens with one attached hydrogen (secondary N) is 1. The molecule has 0 saturated heterocycles. The van der Waals surface area contributed by atoms with Gasteiger partial charge in [-0.05, 0) is 42.0 Å². The Morgan fingerprint density at radius 3 is 2.13 bits per heavy atom. The van der Waals surface area contributed by atoms with Gasteiger partial charge in [0.2, 0.25) is 5.91 Å². The van der Waals surface area contributed by atoms with Gasteiger partial charge in [0.25, 0.3) is 5.91 Å². The third-order valence-corrected chi connectivity index (χ3v) is 5.19. The van der Waals surface area contributed by atoms with Crippen molar-refractivity contribution in [3.63, 3.8) is 0 Å². The molecule has 0 aromatic heterocycles. The normalized spacial score (nSPS) is 12.2. The second kappa shape index (κ2) is 10.3. The maximum absolute atomic E-state index is 13.1. The van der Waals surface area contributed by atoms with Gasteiger partial charge in [0.1, 0.15) is 11.8 Å². The predicted molar refractivity (Wildman–Crippen MR) is 121 cm³/mol. The molecule has 0 heterocycles. The number of ether oxygens (including phenoxy) is 1. The van der Waals surface area contributed by atoms with E-state index >= 15 is 0 Å². The molecule has 162 valence electrons. The molecule has 0 aliphatic heterocycles. The van der Waals surface area contributed by atoms with Gasteiger partial charge >= 0.3 is 0 Å². The fourth-order valence-electron chi connectivity index (χ4n) is 3.26. The zero-order chi connectivity index (χ0) is 22.3. The number of amides is 2. The Morgan fingerprint density at radius 2 is 1.63 bits per heavy atom. The van der Waals surface area contributed by atoms with Gasteiger partial charge in [-0.3, -0.25) is 9.59 Å². The van der Waals surface area contributed by atoms with E-state index in [0.717, 1.165) is 11.1 Å². The summed E-state index contributed by atoms with van der Waals surface area (Å²) >= 11 is 0. The molecule has 0 aliphatic carbocycles. The van der Waals surface area contributed by atoms with Crippen LogP contribution in [0.25, 0.3) is 0 Å². The molecule has 2 aromatic rings. The molecule has 0 aliphatic rings. The second-order valence-electron chi connectivity index (χ2n) is 8.61. The number of hydrogen-bond acceptors (Lipinski definition) is 3. The van der Waals surface area contributed by atoms with Crippen LogP contribution < -0.4 is 10.1 Å². The van der Waals surface area contributed by atoms with Crippen molar-refractivity contribution in [1.82, 2.24) is 10.2 Å². The molecule has 0 radical (unpaired) electrons. The first-order valence-electron chi connectivity index (χ1n) is 10.5. The van der Waals surface area contributed by atoms with Gasteiger partial charge in [-0.2, -0.15) is 0 Å². The highest BCUT2D eigenvalue weighted by Crippen LogP contribution is 2.24. The highest BCUT2D eigenvalue weighted by Gasteiger charge is 2.28. The highest BCUT2D eigenvalue weighted by molar-refractivity contribution is 5.88. The summed E-state index contributed by atoms with van der Waals surface area (Å²) in [4.78, 5) is 27.1. The minimum Gasteiger partial charge on any atom is -0.484 e. The fraction of sp³-hybridized carbons (Fsp3) is 0.440. The van der Waals surface area contributed by atoms with Crippen LogP contribution in [0.3, 0.4) is 0 Å². The summed E-state index contributed by atoms with van der Waals surface area (Å²) in [5.74, 6) is 0.248. The van der Waals surface area contributed by atoms with E-state index in [9.17, 15) is 9.59 Å². The highest BCUT2D eigenvalue weighted by atomic mass is 16.5. The van der Waals surface area contributed by atoms with Crippen molar-refractivity contribution < 1.29 is 14.3 Å². The summed E-state index contributed by atoms with van der Waals surface area (Å²) in [6, 6.07) is 15.2. The lowest BCUT2D eigenvalue weighted by atomic mass is 9.87. The Hall–Kier alpha value is -2.82. The van der Waals surface area contributed by atoms with Crippen LogP contribution in [0.2, 0.25) is 0 Å². The average Bonchev–Trinajstić information content (AvgIpc) is 2.72. The lowest BCUT2D eigenvalue weighted by Gasteiger charge is -2.30. The monoisotopic (exact) mass is 410 g/mol. The number of rotatable bonds is 8. The van der Waals surface area contributed by atoms with E-state index in [-0.39, 0.29) is 23.8 Å². The standard InChI is InChI=1S/C25H34N2O3/c1-7-22(24(29)26-6)27(16-19-10-8-18(2)9-11-19)23(28)17-30-21-14-12-20(13-15-21)25(3,4)5/h8-15,22H,7,16-17H2,1-6H3,(H,26,29)/t22-/m1/s1. The van der Waals surface area contributed by atoms with E-state index in [0.29, 0.717) is 18.7 Å². The lowest BCUT2D eigenvalue weighted by molar-refractivity contribution is -0.142. The maximum atomic E-state index is 13.1. The van der Waals surface area contributed by atoms with Crippen LogP contribution in [0.1, 0.15) is 50.8 Å². The van der Waals surface area contributed by atoms with Crippen molar-refractivity contribution in [3.8, 4) is 5.75 Å². The topological polar surface area (TPSA) is 58.6 Å². The van der Waals surface area contributed by atoms with Crippen LogP contribution in [-0.4, -0.2) is 36.4 Å². The van der Waals surface area contributed by atoms with Crippen LogP contribution in [0.5, 0.6) is 5.75 Å². The molecule has 2 rings (SSSR count). The number of carbonyl (C=O) groups is 2. The largest absolute Gasteiger partial charge is 0.484 e. The lowest BCUT2D eigenvalue weighted by Crippen LogP contribution is -2.49. The van der Waals surface area contributed by atoms with Crippen LogP contribution in [0.4, 0.5) is 0 Å². The summed E-state index contributed by atoms with van der Waals surface area (Å²) in [5, 5.41) is 2.67. The predicted octanol–water partition coefficient (Wildman–Crippen LogP) is 4.22. The molecule has 5 heteroatoms. The van der Waals surface area contributed by atoms with Crippen molar-refractivity contribution in [3.05, 3.63) is 65.2 Å². The van der Waals surface area contributed by atoms with Crippen LogP contribution in [-0.2, 0) is 21.5 Å². The minimum atomic E-state index is -0.546. The zero-order valence-corrected chi connectivity index (χ0v) is 19.0. The van der Waals surface area contributed by atoms with Gasteiger partial charge in [0.05, 0.1) is 0 Å². The summed E-state index contributed by atoms with van der Waals surface area (Å²) in [7, 11) is 1.59. The maximum Gasteiger partial charge on any atom is 0.261 e. The molecule has 0 saturated carbocycles. The van der Waals surface area contributed by atoms with Gasteiger partial charge in [0.15, 0.2) is 6.61 Å². The molecule has 2 amide bonds. The first kappa shape index (κ1) is 23.5. The smallest absolute Gasteiger partial charge is 0.261 e. The Balaban J connectivity index is 2.14. The summed E-state index contributed by atoms with van der Waals surface area (Å²) in [6.45, 7) is 10.6. The van der Waals surface area contributed by atoms with Gasteiger partial charge in [0, 0.05) is 13.6 Å². The molecule has 0 unspecified atom stereocenters. The number of carbonyl (C=O) groups excluding carboxylic acids is 2. The average molecular weight is 411 g/mol. The molecule has 30 heavy (non-hydrogen) atoms. The van der Waals surface area contributed by atoms with E-state index in [4.69, 9.17) is 4.74 Å². The van der Waals surface area contributed by atoms with E-state index < -0.39 is 6.04 Å². The molecule has 0 fully saturated rings. The van der Waals surface area contributed by atoms with Crippen molar-refractivity contribution in [2.75, 3.05) is 13.7 Å². The van der Waals surface area contributed by atoms with Crippen LogP contribution in [0, 0.1) is 6.92 Å². The third-order valence-electron chi connectivity index (χ3n) is 5.19. The summed E-state index contributed by atoms with van der Waals surface area (Å²) < 4.78 is 5.76. The quantitative estimate of drug-likeness (QED) is 0.709.